The second-order valence-electron chi connectivity index (χ2n) is 5.42. The zero-order chi connectivity index (χ0) is 17.0. The molecule has 0 fully saturated rings. The highest BCUT2D eigenvalue weighted by Crippen LogP contribution is 2.18. The normalized spacial score (nSPS) is 12.0. The number of aryl methyl sites for hydroxylation is 4. The number of carboxylic acids is 1. The average molecular weight is 317 g/mol. The summed E-state index contributed by atoms with van der Waals surface area (Å²) in [6.45, 7) is 5.53. The Hall–Kier alpha value is -2.70. The number of rotatable bonds is 6. The fraction of sp³-hybridized carbons (Fsp3) is 0.375. The molecule has 7 heteroatoms. The third kappa shape index (κ3) is 4.38. The van der Waals surface area contributed by atoms with Crippen molar-refractivity contribution in [3.8, 4) is 0 Å². The SMILES string of the molecule is Cc1noc(CCC(=O)NC(C(=O)O)c2ccc(C)c(C)c2)n1. The molecule has 2 aromatic rings. The van der Waals surface area contributed by atoms with E-state index in [1.165, 1.54) is 0 Å². The van der Waals surface area contributed by atoms with Gasteiger partial charge in [0.15, 0.2) is 11.9 Å². The first-order valence-corrected chi connectivity index (χ1v) is 7.25. The lowest BCUT2D eigenvalue weighted by Crippen LogP contribution is -2.34. The van der Waals surface area contributed by atoms with Gasteiger partial charge in [-0.3, -0.25) is 4.79 Å². The lowest BCUT2D eigenvalue weighted by molar-refractivity contribution is -0.142. The van der Waals surface area contributed by atoms with Gasteiger partial charge in [0.05, 0.1) is 0 Å². The number of aliphatic carboxylic acids is 1. The van der Waals surface area contributed by atoms with Crippen molar-refractivity contribution in [2.75, 3.05) is 0 Å². The summed E-state index contributed by atoms with van der Waals surface area (Å²) < 4.78 is 4.92. The standard InChI is InChI=1S/C16H19N3O4/c1-9-4-5-12(8-10(9)2)15(16(21)22)18-13(20)6-7-14-17-11(3)19-23-14/h4-5,8,15H,6-7H2,1-3H3,(H,18,20)(H,21,22). The Morgan fingerprint density at radius 2 is 2.00 bits per heavy atom. The van der Waals surface area contributed by atoms with Gasteiger partial charge in [-0.05, 0) is 37.5 Å². The molecule has 0 aliphatic carbocycles. The Morgan fingerprint density at radius 1 is 1.26 bits per heavy atom. The monoisotopic (exact) mass is 317 g/mol. The van der Waals surface area contributed by atoms with Crippen molar-refractivity contribution in [3.05, 3.63) is 46.6 Å². The summed E-state index contributed by atoms with van der Waals surface area (Å²) in [5.74, 6) is -0.628. The summed E-state index contributed by atoms with van der Waals surface area (Å²) >= 11 is 0. The number of hydrogen-bond donors (Lipinski definition) is 2. The van der Waals surface area contributed by atoms with E-state index in [2.05, 4.69) is 15.5 Å². The minimum atomic E-state index is -1.10. The quantitative estimate of drug-likeness (QED) is 0.842. The topological polar surface area (TPSA) is 105 Å². The van der Waals surface area contributed by atoms with E-state index >= 15 is 0 Å². The molecule has 0 aliphatic heterocycles. The van der Waals surface area contributed by atoms with Gasteiger partial charge in [0, 0.05) is 12.8 Å². The second-order valence-corrected chi connectivity index (χ2v) is 5.42. The summed E-state index contributed by atoms with van der Waals surface area (Å²) in [6, 6.07) is 4.25. The van der Waals surface area contributed by atoms with Crippen molar-refractivity contribution in [1.82, 2.24) is 15.5 Å². The Balaban J connectivity index is 2.02. The maximum absolute atomic E-state index is 12.0. The molecule has 1 atom stereocenters. The number of benzene rings is 1. The number of carbonyl (C=O) groups excluding carboxylic acids is 1. The molecule has 0 spiro atoms. The molecule has 2 rings (SSSR count). The predicted molar refractivity (Wildman–Crippen MR) is 81.8 cm³/mol. The Bertz CT molecular complexity index is 724. The van der Waals surface area contributed by atoms with Gasteiger partial charge >= 0.3 is 5.97 Å². The molecule has 0 aliphatic rings. The molecule has 7 nitrogen and oxygen atoms in total. The molecule has 1 aromatic heterocycles. The van der Waals surface area contributed by atoms with Crippen LogP contribution in [0.15, 0.2) is 22.7 Å². The van der Waals surface area contributed by atoms with Crippen LogP contribution >= 0.6 is 0 Å². The summed E-state index contributed by atoms with van der Waals surface area (Å²) in [4.78, 5) is 27.5. The second kappa shape index (κ2) is 7.04. The molecular formula is C16H19N3O4. The van der Waals surface area contributed by atoms with E-state index in [-0.39, 0.29) is 18.7 Å². The van der Waals surface area contributed by atoms with Gasteiger partial charge in [-0.25, -0.2) is 4.79 Å². The third-order valence-electron chi connectivity index (χ3n) is 3.55. The first kappa shape index (κ1) is 16.7. The first-order valence-electron chi connectivity index (χ1n) is 7.25. The minimum Gasteiger partial charge on any atom is -0.479 e. The van der Waals surface area contributed by atoms with E-state index in [9.17, 15) is 14.7 Å². The van der Waals surface area contributed by atoms with Crippen LogP contribution in [0.4, 0.5) is 0 Å². The van der Waals surface area contributed by atoms with Gasteiger partial charge in [0.2, 0.25) is 11.8 Å². The first-order chi connectivity index (χ1) is 10.9. The van der Waals surface area contributed by atoms with Crippen LogP contribution in [0.25, 0.3) is 0 Å². The van der Waals surface area contributed by atoms with Gasteiger partial charge < -0.3 is 14.9 Å². The molecule has 1 unspecified atom stereocenters. The van der Waals surface area contributed by atoms with Gasteiger partial charge in [0.1, 0.15) is 0 Å². The molecule has 0 radical (unpaired) electrons. The molecule has 0 saturated heterocycles. The lowest BCUT2D eigenvalue weighted by Gasteiger charge is -2.16. The van der Waals surface area contributed by atoms with Crippen LogP contribution in [0.2, 0.25) is 0 Å². The molecule has 23 heavy (non-hydrogen) atoms. The molecule has 1 amide bonds. The number of amides is 1. The highest BCUT2D eigenvalue weighted by Gasteiger charge is 2.22. The summed E-state index contributed by atoms with van der Waals surface area (Å²) in [5.41, 5.74) is 2.59. The van der Waals surface area contributed by atoms with Crippen molar-refractivity contribution < 1.29 is 19.2 Å². The highest BCUT2D eigenvalue weighted by molar-refractivity contribution is 5.84. The zero-order valence-corrected chi connectivity index (χ0v) is 13.3. The van der Waals surface area contributed by atoms with Crippen molar-refractivity contribution in [2.45, 2.75) is 39.7 Å². The van der Waals surface area contributed by atoms with E-state index in [0.29, 0.717) is 17.3 Å². The predicted octanol–water partition coefficient (Wildman–Crippen LogP) is 1.87. The number of nitrogens with zero attached hydrogens (tertiary/aromatic N) is 2. The fourth-order valence-corrected chi connectivity index (χ4v) is 2.13. The van der Waals surface area contributed by atoms with Crippen LogP contribution in [0.3, 0.4) is 0 Å². The maximum atomic E-state index is 12.0. The smallest absolute Gasteiger partial charge is 0.330 e. The van der Waals surface area contributed by atoms with E-state index in [0.717, 1.165) is 11.1 Å². The van der Waals surface area contributed by atoms with Crippen molar-refractivity contribution in [2.24, 2.45) is 0 Å². The van der Waals surface area contributed by atoms with Gasteiger partial charge in [-0.15, -0.1) is 0 Å². The molecule has 0 saturated carbocycles. The van der Waals surface area contributed by atoms with Crippen molar-refractivity contribution >= 4 is 11.9 Å². The average Bonchev–Trinajstić information content (AvgIpc) is 2.91. The molecule has 122 valence electrons. The maximum Gasteiger partial charge on any atom is 0.330 e. The fourth-order valence-electron chi connectivity index (χ4n) is 2.13. The summed E-state index contributed by atoms with van der Waals surface area (Å²) in [5, 5.41) is 15.5. The largest absolute Gasteiger partial charge is 0.479 e. The Morgan fingerprint density at radius 3 is 2.57 bits per heavy atom. The molecule has 1 heterocycles. The third-order valence-corrected chi connectivity index (χ3v) is 3.55. The Kier molecular flexibility index (Phi) is 5.10. The van der Waals surface area contributed by atoms with Crippen LogP contribution < -0.4 is 5.32 Å². The van der Waals surface area contributed by atoms with Crippen molar-refractivity contribution in [3.63, 3.8) is 0 Å². The van der Waals surface area contributed by atoms with Crippen LogP contribution in [0, 0.1) is 20.8 Å². The number of aromatic nitrogens is 2. The molecule has 2 N–H and O–H groups in total. The van der Waals surface area contributed by atoms with E-state index in [1.54, 1.807) is 19.1 Å². The van der Waals surface area contributed by atoms with E-state index in [1.807, 2.05) is 19.9 Å². The number of carboxylic acid groups (broad SMARTS) is 1. The Labute approximate surface area is 133 Å². The van der Waals surface area contributed by atoms with E-state index < -0.39 is 12.0 Å². The summed E-state index contributed by atoms with van der Waals surface area (Å²) in [6.07, 6.45) is 0.349. The number of hydrogen-bond acceptors (Lipinski definition) is 5. The van der Waals surface area contributed by atoms with Crippen LogP contribution in [-0.2, 0) is 16.0 Å². The van der Waals surface area contributed by atoms with Crippen LogP contribution in [-0.4, -0.2) is 27.1 Å². The van der Waals surface area contributed by atoms with Crippen molar-refractivity contribution in [1.29, 1.82) is 0 Å². The zero-order valence-electron chi connectivity index (χ0n) is 13.3. The molecule has 0 bridgehead atoms. The van der Waals surface area contributed by atoms with Crippen LogP contribution in [0.5, 0.6) is 0 Å². The number of nitrogens with one attached hydrogen (secondary N) is 1. The summed E-state index contributed by atoms with van der Waals surface area (Å²) in [7, 11) is 0. The van der Waals surface area contributed by atoms with E-state index in [4.69, 9.17) is 4.52 Å². The van der Waals surface area contributed by atoms with Gasteiger partial charge in [-0.1, -0.05) is 23.4 Å². The van der Waals surface area contributed by atoms with Gasteiger partial charge in [-0.2, -0.15) is 4.98 Å². The van der Waals surface area contributed by atoms with Gasteiger partial charge in [0.25, 0.3) is 0 Å². The molecular weight excluding hydrogens is 298 g/mol. The lowest BCUT2D eigenvalue weighted by atomic mass is 10.0. The van der Waals surface area contributed by atoms with Crippen LogP contribution in [0.1, 0.15) is 40.9 Å². The minimum absolute atomic E-state index is 0.0796. The molecule has 1 aromatic carbocycles. The number of carbonyl (C=O) groups is 2. The highest BCUT2D eigenvalue weighted by atomic mass is 16.5.